The first-order valence-electron chi connectivity index (χ1n) is 9.81. The summed E-state index contributed by atoms with van der Waals surface area (Å²) in [5.41, 5.74) is 5.00. The monoisotopic (exact) mass is 856 g/mol. The predicted octanol–water partition coefficient (Wildman–Crippen LogP) is 7.36. The minimum Gasteiger partial charge on any atom is -0.493 e. The van der Waals surface area contributed by atoms with Crippen molar-refractivity contribution >= 4 is 107 Å². The highest BCUT2D eigenvalue weighted by Gasteiger charge is 2.15. The van der Waals surface area contributed by atoms with Gasteiger partial charge in [0.1, 0.15) is 12.2 Å². The van der Waals surface area contributed by atoms with Crippen LogP contribution >= 0.6 is 83.7 Å². The summed E-state index contributed by atoms with van der Waals surface area (Å²) in [7, 11) is 1.59. The highest BCUT2D eigenvalue weighted by atomic mass is 127. The molecule has 3 aromatic carbocycles. The lowest BCUT2D eigenvalue weighted by molar-refractivity contribution is 0.0929. The van der Waals surface area contributed by atoms with Crippen molar-refractivity contribution in [2.24, 2.45) is 5.10 Å². The number of hydrogen-bond acceptors (Lipinski definition) is 5. The van der Waals surface area contributed by atoms with Gasteiger partial charge in [-0.25, -0.2) is 5.43 Å². The maximum Gasteiger partial charge on any atom is 0.307 e. The van der Waals surface area contributed by atoms with Crippen LogP contribution in [0.5, 0.6) is 11.5 Å². The molecule has 6 nitrogen and oxygen atoms in total. The van der Waals surface area contributed by atoms with E-state index in [-0.39, 0.29) is 5.76 Å². The van der Waals surface area contributed by atoms with Crippen LogP contribution in [0.15, 0.2) is 68.6 Å². The Balaban J connectivity index is 1.45. The molecule has 0 aliphatic heterocycles. The summed E-state index contributed by atoms with van der Waals surface area (Å²) < 4.78 is 21.1. The van der Waals surface area contributed by atoms with Gasteiger partial charge in [0, 0.05) is 13.4 Å². The predicted molar refractivity (Wildman–Crippen MR) is 161 cm³/mol. The molecule has 1 heterocycles. The van der Waals surface area contributed by atoms with Crippen molar-refractivity contribution in [2.75, 3.05) is 7.11 Å². The lowest BCUT2D eigenvalue weighted by Crippen LogP contribution is -2.16. The molecule has 34 heavy (non-hydrogen) atoms. The number of carbonyl (C=O) groups excluding carboxylic acids is 1. The normalized spacial score (nSPS) is 11.2. The second-order valence-corrected chi connectivity index (χ2v) is 11.6. The summed E-state index contributed by atoms with van der Waals surface area (Å²) in [5.74, 6) is 1.00. The second-order valence-electron chi connectivity index (χ2n) is 7.06. The summed E-state index contributed by atoms with van der Waals surface area (Å²) in [4.78, 5) is 12.5. The molecule has 1 aromatic heterocycles. The molecule has 0 unspecified atom stereocenters. The molecule has 174 valence electrons. The van der Waals surface area contributed by atoms with E-state index in [9.17, 15) is 4.79 Å². The van der Waals surface area contributed by atoms with Gasteiger partial charge >= 0.3 is 5.91 Å². The number of ether oxygens (including phenoxy) is 2. The maximum atomic E-state index is 12.5. The highest BCUT2D eigenvalue weighted by Crippen LogP contribution is 2.34. The van der Waals surface area contributed by atoms with Crippen LogP contribution < -0.4 is 14.9 Å². The van der Waals surface area contributed by atoms with E-state index >= 15 is 0 Å². The summed E-state index contributed by atoms with van der Waals surface area (Å²) in [6.07, 6.45) is 1.55. The number of methoxy groups -OCH3 is 1. The van der Waals surface area contributed by atoms with Crippen LogP contribution in [0.4, 0.5) is 0 Å². The first kappa shape index (κ1) is 25.7. The number of benzene rings is 3. The number of hydrogen-bond donors (Lipinski definition) is 1. The van der Waals surface area contributed by atoms with Crippen molar-refractivity contribution in [3.8, 4) is 11.5 Å². The highest BCUT2D eigenvalue weighted by molar-refractivity contribution is 14.1. The average Bonchev–Trinajstić information content (AvgIpc) is 3.23. The fourth-order valence-corrected chi connectivity index (χ4v) is 5.90. The topological polar surface area (TPSA) is 73.1 Å². The van der Waals surface area contributed by atoms with Crippen molar-refractivity contribution in [1.29, 1.82) is 0 Å². The maximum absolute atomic E-state index is 12.5. The molecule has 0 aliphatic carbocycles. The number of nitrogens with zero attached hydrogens (tertiary/aromatic N) is 1. The molecule has 0 saturated heterocycles. The molecule has 4 rings (SSSR count). The van der Waals surface area contributed by atoms with Crippen molar-refractivity contribution in [3.05, 3.63) is 86.7 Å². The number of hydrazone groups is 1. The van der Waals surface area contributed by atoms with E-state index in [0.717, 1.165) is 28.1 Å². The molecule has 0 aliphatic rings. The molecule has 0 bridgehead atoms. The fraction of sp³-hybridized carbons (Fsp3) is 0.0833. The first-order chi connectivity index (χ1) is 16.3. The Hall–Kier alpha value is -1.39. The molecule has 4 aromatic rings. The minimum atomic E-state index is -0.432. The smallest absolute Gasteiger partial charge is 0.307 e. The van der Waals surface area contributed by atoms with Gasteiger partial charge in [-0.1, -0.05) is 28.1 Å². The Morgan fingerprint density at radius 3 is 2.59 bits per heavy atom. The Labute approximate surface area is 245 Å². The zero-order chi connectivity index (χ0) is 24.2. The molecule has 0 radical (unpaired) electrons. The van der Waals surface area contributed by atoms with E-state index < -0.39 is 5.91 Å². The number of amides is 1. The fourth-order valence-electron chi connectivity index (χ4n) is 3.10. The van der Waals surface area contributed by atoms with Crippen LogP contribution in [0.1, 0.15) is 21.7 Å². The quantitative estimate of drug-likeness (QED) is 0.120. The van der Waals surface area contributed by atoms with Crippen LogP contribution in [-0.2, 0) is 6.61 Å². The number of rotatable bonds is 7. The third-order valence-electron chi connectivity index (χ3n) is 4.69. The summed E-state index contributed by atoms with van der Waals surface area (Å²) >= 11 is 10.1. The van der Waals surface area contributed by atoms with Crippen LogP contribution in [-0.4, -0.2) is 19.2 Å². The van der Waals surface area contributed by atoms with Gasteiger partial charge in [-0.2, -0.15) is 5.10 Å². The Morgan fingerprint density at radius 2 is 1.85 bits per heavy atom. The lowest BCUT2D eigenvalue weighted by atomic mass is 10.2. The third-order valence-corrected chi connectivity index (χ3v) is 7.47. The van der Waals surface area contributed by atoms with Gasteiger partial charge < -0.3 is 13.9 Å². The zero-order valence-electron chi connectivity index (χ0n) is 17.6. The number of nitrogens with one attached hydrogen (secondary N) is 1. The summed E-state index contributed by atoms with van der Waals surface area (Å²) in [6.45, 7) is 0.430. The second kappa shape index (κ2) is 11.6. The van der Waals surface area contributed by atoms with Gasteiger partial charge in [0.15, 0.2) is 17.3 Å². The SMILES string of the molecule is COc1cc(/C=N\NC(=O)c2cc3cc(Br)cc(I)c3o2)cc(I)c1OCc1ccc(I)cc1. The van der Waals surface area contributed by atoms with Crippen molar-refractivity contribution in [3.63, 3.8) is 0 Å². The number of halogens is 4. The van der Waals surface area contributed by atoms with Crippen LogP contribution in [0, 0.1) is 10.7 Å². The van der Waals surface area contributed by atoms with E-state index in [2.05, 4.69) is 94.2 Å². The molecule has 0 atom stereocenters. The van der Waals surface area contributed by atoms with Crippen molar-refractivity contribution in [2.45, 2.75) is 6.61 Å². The van der Waals surface area contributed by atoms with E-state index in [1.165, 1.54) is 3.57 Å². The van der Waals surface area contributed by atoms with Gasteiger partial charge in [0.2, 0.25) is 0 Å². The first-order valence-corrected chi connectivity index (χ1v) is 13.8. The van der Waals surface area contributed by atoms with E-state index in [0.29, 0.717) is 23.7 Å². The number of fused-ring (bicyclic) bond motifs is 1. The van der Waals surface area contributed by atoms with Crippen molar-refractivity contribution in [1.82, 2.24) is 5.43 Å². The van der Waals surface area contributed by atoms with E-state index in [1.807, 2.05) is 48.5 Å². The molecule has 10 heteroatoms. The molecular weight excluding hydrogens is 841 g/mol. The van der Waals surface area contributed by atoms with Crippen molar-refractivity contribution < 1.29 is 18.7 Å². The Kier molecular flexibility index (Phi) is 8.74. The minimum absolute atomic E-state index is 0.190. The Morgan fingerprint density at radius 1 is 1.09 bits per heavy atom. The molecular formula is C24H16BrI3N2O4. The van der Waals surface area contributed by atoms with Crippen LogP contribution in [0.2, 0.25) is 0 Å². The van der Waals surface area contributed by atoms with E-state index in [1.54, 1.807) is 19.4 Å². The third kappa shape index (κ3) is 6.23. The van der Waals surface area contributed by atoms with E-state index in [4.69, 9.17) is 13.9 Å². The molecule has 0 fully saturated rings. The van der Waals surface area contributed by atoms with Crippen LogP contribution in [0.25, 0.3) is 11.0 Å². The largest absolute Gasteiger partial charge is 0.493 e. The average molecular weight is 857 g/mol. The van der Waals surface area contributed by atoms with Crippen LogP contribution in [0.3, 0.4) is 0 Å². The van der Waals surface area contributed by atoms with Gasteiger partial charge in [-0.05, 0) is 121 Å². The summed E-state index contributed by atoms with van der Waals surface area (Å²) in [5, 5.41) is 4.92. The summed E-state index contributed by atoms with van der Waals surface area (Å²) in [6, 6.07) is 17.4. The van der Waals surface area contributed by atoms with Gasteiger partial charge in [-0.15, -0.1) is 0 Å². The molecule has 1 amide bonds. The number of furan rings is 1. The zero-order valence-corrected chi connectivity index (χ0v) is 25.6. The Bertz CT molecular complexity index is 1390. The van der Waals surface area contributed by atoms with Gasteiger partial charge in [0.05, 0.1) is 20.5 Å². The molecule has 0 spiro atoms. The van der Waals surface area contributed by atoms with Gasteiger partial charge in [-0.3, -0.25) is 4.79 Å². The standard InChI is InChI=1S/C24H16BrI3N2O4/c1-32-20-7-14(6-18(27)23(20)33-12-13-2-4-17(26)5-3-13)11-29-30-24(31)21-9-15-8-16(25)10-19(28)22(15)34-21/h2-11H,12H2,1H3,(H,30,31)/b29-11-. The number of carbonyl (C=O) groups is 1. The lowest BCUT2D eigenvalue weighted by Gasteiger charge is -2.13. The molecule has 1 N–H and O–H groups in total. The van der Waals surface area contributed by atoms with Gasteiger partial charge in [0.25, 0.3) is 0 Å². The molecule has 0 saturated carbocycles.